The van der Waals surface area contributed by atoms with E-state index in [-0.39, 0.29) is 5.56 Å². The average molecular weight is 297 g/mol. The summed E-state index contributed by atoms with van der Waals surface area (Å²) >= 11 is 0. The van der Waals surface area contributed by atoms with Crippen molar-refractivity contribution in [1.29, 1.82) is 0 Å². The van der Waals surface area contributed by atoms with Gasteiger partial charge in [0.15, 0.2) is 0 Å². The molecule has 2 N–H and O–H groups in total. The molecule has 0 aromatic heterocycles. The molecule has 0 amide bonds. The van der Waals surface area contributed by atoms with E-state index >= 15 is 0 Å². The summed E-state index contributed by atoms with van der Waals surface area (Å²) in [6.07, 6.45) is -2.56. The SMILES string of the molecule is CCCCOc1ccc2cccc([C@H](N)C(F)(F)F)c2c1. The van der Waals surface area contributed by atoms with Crippen molar-refractivity contribution in [2.45, 2.75) is 32.0 Å². The first-order valence-corrected chi connectivity index (χ1v) is 6.91. The van der Waals surface area contributed by atoms with Gasteiger partial charge in [-0.15, -0.1) is 0 Å². The summed E-state index contributed by atoms with van der Waals surface area (Å²) in [7, 11) is 0. The molecule has 0 radical (unpaired) electrons. The highest BCUT2D eigenvalue weighted by Gasteiger charge is 2.38. The fourth-order valence-electron chi connectivity index (χ4n) is 2.15. The third-order valence-corrected chi connectivity index (χ3v) is 3.34. The van der Waals surface area contributed by atoms with Crippen molar-refractivity contribution in [2.75, 3.05) is 6.61 Å². The predicted molar refractivity (Wildman–Crippen MR) is 77.3 cm³/mol. The third-order valence-electron chi connectivity index (χ3n) is 3.34. The van der Waals surface area contributed by atoms with E-state index < -0.39 is 12.2 Å². The number of nitrogens with two attached hydrogens (primary N) is 1. The second-order valence-corrected chi connectivity index (χ2v) is 4.95. The molecule has 2 aromatic rings. The Labute approximate surface area is 121 Å². The number of hydrogen-bond acceptors (Lipinski definition) is 2. The first-order chi connectivity index (χ1) is 9.93. The zero-order valence-corrected chi connectivity index (χ0v) is 11.8. The Kier molecular flexibility index (Phi) is 4.73. The maximum absolute atomic E-state index is 12.9. The second-order valence-electron chi connectivity index (χ2n) is 4.95. The lowest BCUT2D eigenvalue weighted by Crippen LogP contribution is -2.28. The first-order valence-electron chi connectivity index (χ1n) is 6.91. The van der Waals surface area contributed by atoms with Gasteiger partial charge in [-0.2, -0.15) is 13.2 Å². The average Bonchev–Trinajstić information content (AvgIpc) is 2.45. The van der Waals surface area contributed by atoms with Crippen LogP contribution in [-0.2, 0) is 0 Å². The third kappa shape index (κ3) is 3.67. The van der Waals surface area contributed by atoms with Crippen LogP contribution in [0.2, 0.25) is 0 Å². The van der Waals surface area contributed by atoms with Crippen molar-refractivity contribution in [3.8, 4) is 5.75 Å². The van der Waals surface area contributed by atoms with Crippen LogP contribution >= 0.6 is 0 Å². The molecule has 21 heavy (non-hydrogen) atoms. The summed E-state index contributed by atoms with van der Waals surface area (Å²) in [5.74, 6) is 0.567. The molecule has 2 rings (SSSR count). The number of halogens is 3. The minimum Gasteiger partial charge on any atom is -0.494 e. The summed E-state index contributed by atoms with van der Waals surface area (Å²) in [5, 5.41) is 1.20. The molecule has 1 atom stereocenters. The predicted octanol–water partition coefficient (Wildman–Crippen LogP) is 4.58. The molecule has 0 aliphatic carbocycles. The standard InChI is InChI=1S/C16H18F3NO/c1-2-3-9-21-12-8-7-11-5-4-6-13(14(11)10-12)15(20)16(17,18)19/h4-8,10,15H,2-3,9,20H2,1H3/t15-/m0/s1. The van der Waals surface area contributed by atoms with Gasteiger partial charge in [0.25, 0.3) is 0 Å². The molecule has 0 saturated carbocycles. The highest BCUT2D eigenvalue weighted by Crippen LogP contribution is 2.35. The van der Waals surface area contributed by atoms with Crippen LogP contribution in [0, 0.1) is 0 Å². The van der Waals surface area contributed by atoms with E-state index in [1.54, 1.807) is 30.3 Å². The van der Waals surface area contributed by atoms with Gasteiger partial charge in [-0.1, -0.05) is 37.6 Å². The van der Waals surface area contributed by atoms with Crippen LogP contribution in [0.3, 0.4) is 0 Å². The lowest BCUT2D eigenvalue weighted by molar-refractivity contribution is -0.148. The summed E-state index contributed by atoms with van der Waals surface area (Å²) in [4.78, 5) is 0. The lowest BCUT2D eigenvalue weighted by atomic mass is 9.98. The van der Waals surface area contributed by atoms with Crippen molar-refractivity contribution < 1.29 is 17.9 Å². The Morgan fingerprint density at radius 3 is 2.62 bits per heavy atom. The maximum Gasteiger partial charge on any atom is 0.407 e. The van der Waals surface area contributed by atoms with Crippen molar-refractivity contribution in [2.24, 2.45) is 5.73 Å². The quantitative estimate of drug-likeness (QED) is 0.820. The molecule has 5 heteroatoms. The lowest BCUT2D eigenvalue weighted by Gasteiger charge is -2.18. The molecule has 0 fully saturated rings. The Morgan fingerprint density at radius 1 is 1.19 bits per heavy atom. The Balaban J connectivity index is 2.39. The van der Waals surface area contributed by atoms with Gasteiger partial charge >= 0.3 is 6.18 Å². The monoisotopic (exact) mass is 297 g/mol. The van der Waals surface area contributed by atoms with Crippen LogP contribution in [-0.4, -0.2) is 12.8 Å². The number of ether oxygens (including phenoxy) is 1. The zero-order chi connectivity index (χ0) is 15.5. The zero-order valence-electron chi connectivity index (χ0n) is 11.8. The number of fused-ring (bicyclic) bond motifs is 1. The molecule has 0 saturated heterocycles. The van der Waals surface area contributed by atoms with Crippen molar-refractivity contribution >= 4 is 10.8 Å². The van der Waals surface area contributed by atoms with Crippen LogP contribution < -0.4 is 10.5 Å². The molecular weight excluding hydrogens is 279 g/mol. The van der Waals surface area contributed by atoms with E-state index in [2.05, 4.69) is 0 Å². The van der Waals surface area contributed by atoms with Crippen LogP contribution in [0.1, 0.15) is 31.4 Å². The highest BCUT2D eigenvalue weighted by atomic mass is 19.4. The van der Waals surface area contributed by atoms with Gasteiger partial charge in [-0.05, 0) is 34.9 Å². The largest absolute Gasteiger partial charge is 0.494 e. The van der Waals surface area contributed by atoms with Crippen LogP contribution in [0.5, 0.6) is 5.75 Å². The van der Waals surface area contributed by atoms with Gasteiger partial charge in [0.2, 0.25) is 0 Å². The summed E-state index contributed by atoms with van der Waals surface area (Å²) in [6, 6.07) is 7.91. The van der Waals surface area contributed by atoms with Crippen molar-refractivity contribution in [1.82, 2.24) is 0 Å². The molecule has 0 unspecified atom stereocenters. The summed E-state index contributed by atoms with van der Waals surface area (Å²) in [5.41, 5.74) is 5.41. The van der Waals surface area contributed by atoms with Gasteiger partial charge in [0, 0.05) is 0 Å². The summed E-state index contributed by atoms with van der Waals surface area (Å²) in [6.45, 7) is 2.60. The van der Waals surface area contributed by atoms with Crippen LogP contribution in [0.25, 0.3) is 10.8 Å². The second kappa shape index (κ2) is 6.35. The topological polar surface area (TPSA) is 35.2 Å². The van der Waals surface area contributed by atoms with Gasteiger partial charge in [0.05, 0.1) is 6.61 Å². The molecule has 2 nitrogen and oxygen atoms in total. The summed E-state index contributed by atoms with van der Waals surface area (Å²) < 4.78 is 44.1. The number of alkyl halides is 3. The minimum atomic E-state index is -4.46. The van der Waals surface area contributed by atoms with Crippen molar-refractivity contribution in [3.05, 3.63) is 42.0 Å². The molecule has 0 spiro atoms. The molecule has 2 aromatic carbocycles. The van der Waals surface area contributed by atoms with E-state index in [1.165, 1.54) is 6.07 Å². The molecule has 0 aliphatic heterocycles. The smallest absolute Gasteiger partial charge is 0.407 e. The Bertz CT molecular complexity index is 610. The van der Waals surface area contributed by atoms with E-state index in [0.717, 1.165) is 18.2 Å². The Hall–Kier alpha value is -1.75. The Morgan fingerprint density at radius 2 is 1.95 bits per heavy atom. The van der Waals surface area contributed by atoms with Gasteiger partial charge < -0.3 is 10.5 Å². The minimum absolute atomic E-state index is 0.0703. The van der Waals surface area contributed by atoms with Gasteiger partial charge in [-0.25, -0.2) is 0 Å². The number of unbranched alkanes of at least 4 members (excludes halogenated alkanes) is 1. The molecule has 0 bridgehead atoms. The number of benzene rings is 2. The fourth-order valence-corrected chi connectivity index (χ4v) is 2.15. The molecule has 114 valence electrons. The van der Waals surface area contributed by atoms with E-state index in [4.69, 9.17) is 10.5 Å². The normalized spacial score (nSPS) is 13.4. The molecule has 0 aliphatic rings. The molecular formula is C16H18F3NO. The maximum atomic E-state index is 12.9. The molecule has 0 heterocycles. The van der Waals surface area contributed by atoms with Gasteiger partial charge in [0.1, 0.15) is 11.8 Å². The van der Waals surface area contributed by atoms with Crippen molar-refractivity contribution in [3.63, 3.8) is 0 Å². The first kappa shape index (κ1) is 15.6. The fraction of sp³-hybridized carbons (Fsp3) is 0.375. The van der Waals surface area contributed by atoms with Crippen LogP contribution in [0.15, 0.2) is 36.4 Å². The van der Waals surface area contributed by atoms with E-state index in [0.29, 0.717) is 17.7 Å². The number of rotatable bonds is 5. The highest BCUT2D eigenvalue weighted by molar-refractivity contribution is 5.87. The van der Waals surface area contributed by atoms with E-state index in [9.17, 15) is 13.2 Å². The number of hydrogen-bond donors (Lipinski definition) is 1. The van der Waals surface area contributed by atoms with E-state index in [1.807, 2.05) is 6.92 Å². The van der Waals surface area contributed by atoms with Crippen LogP contribution in [0.4, 0.5) is 13.2 Å². The van der Waals surface area contributed by atoms with Gasteiger partial charge in [-0.3, -0.25) is 0 Å².